The van der Waals surface area contributed by atoms with E-state index in [1.165, 1.54) is 18.4 Å². The van der Waals surface area contributed by atoms with E-state index in [0.29, 0.717) is 6.54 Å². The lowest BCUT2D eigenvalue weighted by Gasteiger charge is -2.02. The lowest BCUT2D eigenvalue weighted by molar-refractivity contribution is -0.145. The molecule has 0 aliphatic carbocycles. The van der Waals surface area contributed by atoms with Crippen LogP contribution in [0.3, 0.4) is 0 Å². The molecule has 0 aliphatic rings. The normalized spacial score (nSPS) is 11.2. The number of hydrogen-bond donors (Lipinski definition) is 2. The zero-order chi connectivity index (χ0) is 12.7. The Bertz CT molecular complexity index is 408. The Hall–Kier alpha value is -2.08. The van der Waals surface area contributed by atoms with Gasteiger partial charge >= 0.3 is 11.9 Å². The van der Waals surface area contributed by atoms with Crippen LogP contribution in [0, 0.1) is 0 Å². The Morgan fingerprint density at radius 3 is 2.88 bits per heavy atom. The number of carbonyl (C=O) groups excluding carboxylic acids is 1. The van der Waals surface area contributed by atoms with Gasteiger partial charge in [0.15, 0.2) is 0 Å². The number of hydrogen-bond acceptors (Lipinski definition) is 5. The zero-order valence-corrected chi connectivity index (χ0v) is 9.30. The van der Waals surface area contributed by atoms with Crippen molar-refractivity contribution in [2.24, 2.45) is 0 Å². The molecule has 1 heterocycles. The Morgan fingerprint density at radius 1 is 1.59 bits per heavy atom. The summed E-state index contributed by atoms with van der Waals surface area (Å²) in [7, 11) is 0. The summed E-state index contributed by atoms with van der Waals surface area (Å²) in [4.78, 5) is 26.8. The van der Waals surface area contributed by atoms with Crippen LogP contribution in [0.1, 0.15) is 19.1 Å². The van der Waals surface area contributed by atoms with E-state index < -0.39 is 11.9 Å². The molecule has 17 heavy (non-hydrogen) atoms. The number of nitrogens with one attached hydrogen (secondary N) is 1. The number of aliphatic carboxylic acids is 1. The molecule has 6 nitrogen and oxygen atoms in total. The molecule has 0 spiro atoms. The number of carboxylic acid groups (broad SMARTS) is 1. The van der Waals surface area contributed by atoms with Gasteiger partial charge in [-0.15, -0.1) is 0 Å². The number of furan rings is 1. The average Bonchev–Trinajstić information content (AvgIpc) is 2.79. The molecule has 0 saturated heterocycles. The number of rotatable bonds is 6. The highest BCUT2D eigenvalue weighted by Gasteiger charge is 2.15. The molecule has 1 rings (SSSR count). The molecule has 6 heteroatoms. The monoisotopic (exact) mass is 239 g/mol. The van der Waals surface area contributed by atoms with Crippen molar-refractivity contribution in [1.82, 2.24) is 5.48 Å². The molecular formula is C11H13NO5. The van der Waals surface area contributed by atoms with Crippen LogP contribution in [0.15, 0.2) is 28.9 Å². The van der Waals surface area contributed by atoms with Crippen LogP contribution in [-0.2, 0) is 14.4 Å². The van der Waals surface area contributed by atoms with Gasteiger partial charge in [0.25, 0.3) is 0 Å². The summed E-state index contributed by atoms with van der Waals surface area (Å²) >= 11 is 0. The first-order chi connectivity index (χ1) is 8.15. The van der Waals surface area contributed by atoms with Crippen molar-refractivity contribution in [3.63, 3.8) is 0 Å². The Kier molecular flexibility index (Phi) is 4.96. The van der Waals surface area contributed by atoms with E-state index in [-0.39, 0.29) is 11.3 Å². The molecule has 0 radical (unpaired) electrons. The minimum atomic E-state index is -1.26. The third-order valence-electron chi connectivity index (χ3n) is 1.80. The second kappa shape index (κ2) is 6.49. The van der Waals surface area contributed by atoms with Crippen molar-refractivity contribution >= 4 is 17.5 Å². The van der Waals surface area contributed by atoms with E-state index in [9.17, 15) is 9.59 Å². The van der Waals surface area contributed by atoms with Crippen LogP contribution < -0.4 is 5.48 Å². The maximum absolute atomic E-state index is 11.3. The summed E-state index contributed by atoms with van der Waals surface area (Å²) in [5.41, 5.74) is 2.16. The SMILES string of the molecule is CCCNOC(=O)/C=C(\C(=O)O)c1ccco1. The zero-order valence-electron chi connectivity index (χ0n) is 9.30. The van der Waals surface area contributed by atoms with Crippen LogP contribution in [0.5, 0.6) is 0 Å². The lowest BCUT2D eigenvalue weighted by Crippen LogP contribution is -2.19. The standard InChI is InChI=1S/C11H13NO5/c1-2-5-12-17-10(13)7-8(11(14)15)9-4-3-6-16-9/h3-4,6-7,12H,2,5H2,1H3,(H,14,15)/b8-7-. The minimum absolute atomic E-state index is 0.102. The molecule has 0 bridgehead atoms. The van der Waals surface area contributed by atoms with Gasteiger partial charge in [-0.3, -0.25) is 0 Å². The van der Waals surface area contributed by atoms with Crippen LogP contribution in [0.2, 0.25) is 0 Å². The molecule has 0 aromatic carbocycles. The summed E-state index contributed by atoms with van der Waals surface area (Å²) in [5.74, 6) is -1.94. The fraction of sp³-hybridized carbons (Fsp3) is 0.273. The fourth-order valence-corrected chi connectivity index (χ4v) is 1.04. The molecule has 0 aliphatic heterocycles. The van der Waals surface area contributed by atoms with Gasteiger partial charge in [-0.1, -0.05) is 6.92 Å². The van der Waals surface area contributed by atoms with E-state index >= 15 is 0 Å². The first-order valence-corrected chi connectivity index (χ1v) is 5.07. The molecule has 0 atom stereocenters. The van der Waals surface area contributed by atoms with Crippen molar-refractivity contribution < 1.29 is 24.0 Å². The molecule has 0 amide bonds. The summed E-state index contributed by atoms with van der Waals surface area (Å²) in [6.07, 6.45) is 2.98. The number of carbonyl (C=O) groups is 2. The van der Waals surface area contributed by atoms with Crippen LogP contribution in [-0.4, -0.2) is 23.6 Å². The van der Waals surface area contributed by atoms with Gasteiger partial charge < -0.3 is 14.4 Å². The quantitative estimate of drug-likeness (QED) is 0.440. The first kappa shape index (κ1) is 13.0. The van der Waals surface area contributed by atoms with Gasteiger partial charge in [-0.05, 0) is 18.6 Å². The number of carboxylic acids is 1. The maximum atomic E-state index is 11.3. The summed E-state index contributed by atoms with van der Waals surface area (Å²) in [5, 5.41) is 8.91. The number of hydroxylamine groups is 1. The van der Waals surface area contributed by atoms with Crippen LogP contribution in [0.25, 0.3) is 5.57 Å². The van der Waals surface area contributed by atoms with Crippen LogP contribution >= 0.6 is 0 Å². The summed E-state index contributed by atoms with van der Waals surface area (Å²) < 4.78 is 4.91. The summed E-state index contributed by atoms with van der Waals surface area (Å²) in [6.45, 7) is 2.41. The minimum Gasteiger partial charge on any atom is -0.478 e. The van der Waals surface area contributed by atoms with Gasteiger partial charge in [0.05, 0.1) is 6.26 Å². The topological polar surface area (TPSA) is 88.8 Å². The molecule has 1 aromatic rings. The molecule has 0 unspecified atom stereocenters. The van der Waals surface area contributed by atoms with Gasteiger partial charge in [0.2, 0.25) is 0 Å². The van der Waals surface area contributed by atoms with Crippen molar-refractivity contribution in [3.8, 4) is 0 Å². The molecule has 1 aromatic heterocycles. The predicted molar refractivity (Wildman–Crippen MR) is 58.7 cm³/mol. The maximum Gasteiger partial charge on any atom is 0.350 e. The van der Waals surface area contributed by atoms with Gasteiger partial charge in [-0.25, -0.2) is 9.59 Å². The average molecular weight is 239 g/mol. The Morgan fingerprint density at radius 2 is 2.35 bits per heavy atom. The Labute approximate surface area is 97.8 Å². The van der Waals surface area contributed by atoms with Crippen molar-refractivity contribution in [3.05, 3.63) is 30.2 Å². The highest BCUT2D eigenvalue weighted by Crippen LogP contribution is 2.14. The second-order valence-electron chi connectivity index (χ2n) is 3.16. The fourth-order valence-electron chi connectivity index (χ4n) is 1.04. The van der Waals surface area contributed by atoms with E-state index in [1.54, 1.807) is 0 Å². The van der Waals surface area contributed by atoms with Crippen molar-refractivity contribution in [1.29, 1.82) is 0 Å². The van der Waals surface area contributed by atoms with Gasteiger partial charge in [-0.2, -0.15) is 5.48 Å². The molecule has 92 valence electrons. The highest BCUT2D eigenvalue weighted by molar-refractivity contribution is 6.18. The first-order valence-electron chi connectivity index (χ1n) is 5.07. The third-order valence-corrected chi connectivity index (χ3v) is 1.80. The van der Waals surface area contributed by atoms with E-state index in [1.807, 2.05) is 6.92 Å². The summed E-state index contributed by atoms with van der Waals surface area (Å²) in [6, 6.07) is 2.99. The third kappa shape index (κ3) is 4.12. The largest absolute Gasteiger partial charge is 0.478 e. The van der Waals surface area contributed by atoms with Crippen molar-refractivity contribution in [2.45, 2.75) is 13.3 Å². The predicted octanol–water partition coefficient (Wildman–Crippen LogP) is 1.21. The molecule has 2 N–H and O–H groups in total. The Balaban J connectivity index is 2.71. The van der Waals surface area contributed by atoms with E-state index in [0.717, 1.165) is 12.5 Å². The molecule has 0 fully saturated rings. The smallest absolute Gasteiger partial charge is 0.350 e. The van der Waals surface area contributed by atoms with Gasteiger partial charge in [0.1, 0.15) is 11.3 Å². The molecule has 0 saturated carbocycles. The van der Waals surface area contributed by atoms with E-state index in [4.69, 9.17) is 9.52 Å². The van der Waals surface area contributed by atoms with Gasteiger partial charge in [0, 0.05) is 12.6 Å². The van der Waals surface area contributed by atoms with E-state index in [2.05, 4.69) is 10.3 Å². The molecular weight excluding hydrogens is 226 g/mol. The second-order valence-corrected chi connectivity index (χ2v) is 3.16. The van der Waals surface area contributed by atoms with Crippen LogP contribution in [0.4, 0.5) is 0 Å². The van der Waals surface area contributed by atoms with Crippen molar-refractivity contribution in [2.75, 3.05) is 6.54 Å². The highest BCUT2D eigenvalue weighted by atomic mass is 16.7. The lowest BCUT2D eigenvalue weighted by atomic mass is 10.2.